The largest absolute Gasteiger partial charge is 0.459 e. The van der Waals surface area contributed by atoms with Crippen molar-refractivity contribution in [3.05, 3.63) is 54.0 Å². The van der Waals surface area contributed by atoms with Crippen LogP contribution in [0.4, 0.5) is 5.69 Å². The van der Waals surface area contributed by atoms with E-state index in [0.29, 0.717) is 17.2 Å². The van der Waals surface area contributed by atoms with Gasteiger partial charge in [0.2, 0.25) is 0 Å². The van der Waals surface area contributed by atoms with Gasteiger partial charge in [-0.3, -0.25) is 14.5 Å². The van der Waals surface area contributed by atoms with Crippen LogP contribution in [0.3, 0.4) is 0 Å². The summed E-state index contributed by atoms with van der Waals surface area (Å²) in [6.45, 7) is 8.85. The van der Waals surface area contributed by atoms with Crippen LogP contribution >= 0.6 is 0 Å². The van der Waals surface area contributed by atoms with Crippen molar-refractivity contribution in [2.75, 3.05) is 38.0 Å². The molecule has 1 N–H and O–H groups in total. The summed E-state index contributed by atoms with van der Waals surface area (Å²) in [6, 6.07) is 10.3. The number of nitrogens with one attached hydrogen (secondary N) is 1. The van der Waals surface area contributed by atoms with E-state index < -0.39 is 0 Å². The van der Waals surface area contributed by atoms with Crippen molar-refractivity contribution in [3.8, 4) is 0 Å². The normalized spacial score (nSPS) is 15.1. The Morgan fingerprint density at radius 3 is 2.56 bits per heavy atom. The Kier molecular flexibility index (Phi) is 6.29. The second kappa shape index (κ2) is 8.86. The highest BCUT2D eigenvalue weighted by Crippen LogP contribution is 2.16. The number of nitrogens with zero attached hydrogens (tertiary/aromatic N) is 2. The minimum absolute atomic E-state index is 0.00704. The molecule has 0 radical (unpaired) electrons. The van der Waals surface area contributed by atoms with Crippen LogP contribution in [-0.4, -0.2) is 54.3 Å². The van der Waals surface area contributed by atoms with Crippen molar-refractivity contribution in [2.24, 2.45) is 5.92 Å². The molecule has 1 aliphatic rings. The lowest BCUT2D eigenvalue weighted by atomic mass is 10.1. The van der Waals surface area contributed by atoms with Gasteiger partial charge in [0.15, 0.2) is 5.76 Å². The zero-order chi connectivity index (χ0) is 19.2. The Balaban J connectivity index is 1.57. The minimum atomic E-state index is -0.330. The van der Waals surface area contributed by atoms with Crippen LogP contribution in [0.25, 0.3) is 0 Å². The second-order valence-electron chi connectivity index (χ2n) is 7.33. The van der Waals surface area contributed by atoms with Crippen molar-refractivity contribution < 1.29 is 14.0 Å². The topological polar surface area (TPSA) is 65.8 Å². The molecule has 0 aliphatic carbocycles. The third-order valence-corrected chi connectivity index (χ3v) is 4.79. The molecule has 0 atom stereocenters. The van der Waals surface area contributed by atoms with Crippen molar-refractivity contribution in [1.82, 2.24) is 9.80 Å². The highest BCUT2D eigenvalue weighted by Gasteiger charge is 2.22. The van der Waals surface area contributed by atoms with Gasteiger partial charge in [0.25, 0.3) is 11.8 Å². The lowest BCUT2D eigenvalue weighted by Gasteiger charge is -2.35. The predicted octanol–water partition coefficient (Wildman–Crippen LogP) is 3.34. The quantitative estimate of drug-likeness (QED) is 0.848. The van der Waals surface area contributed by atoms with Crippen LogP contribution in [-0.2, 0) is 0 Å². The van der Waals surface area contributed by atoms with Gasteiger partial charge in [-0.25, -0.2) is 0 Å². The average molecular weight is 369 g/mol. The number of amides is 2. The van der Waals surface area contributed by atoms with Crippen molar-refractivity contribution in [3.63, 3.8) is 0 Å². The van der Waals surface area contributed by atoms with Crippen LogP contribution in [0.15, 0.2) is 47.1 Å². The molecule has 0 unspecified atom stereocenters. The molecule has 1 aromatic carbocycles. The number of anilines is 1. The Morgan fingerprint density at radius 2 is 1.89 bits per heavy atom. The number of benzene rings is 1. The summed E-state index contributed by atoms with van der Waals surface area (Å²) in [5.41, 5.74) is 1.17. The number of furan rings is 1. The molecule has 0 spiro atoms. The van der Waals surface area contributed by atoms with Gasteiger partial charge >= 0.3 is 0 Å². The maximum Gasteiger partial charge on any atom is 0.291 e. The number of carbonyl (C=O) groups excluding carboxylic acids is 2. The minimum Gasteiger partial charge on any atom is -0.459 e. The first kappa shape index (κ1) is 19.2. The van der Waals surface area contributed by atoms with E-state index in [2.05, 4.69) is 24.1 Å². The van der Waals surface area contributed by atoms with E-state index in [0.717, 1.165) is 32.7 Å². The lowest BCUT2D eigenvalue weighted by molar-refractivity contribution is 0.0631. The van der Waals surface area contributed by atoms with Gasteiger partial charge in [0.05, 0.1) is 6.26 Å². The van der Waals surface area contributed by atoms with Crippen LogP contribution in [0.2, 0.25) is 0 Å². The summed E-state index contributed by atoms with van der Waals surface area (Å²) in [5.74, 6) is 0.615. The molecule has 1 aromatic heterocycles. The smallest absolute Gasteiger partial charge is 0.291 e. The van der Waals surface area contributed by atoms with Gasteiger partial charge < -0.3 is 14.6 Å². The number of hydrogen-bond donors (Lipinski definition) is 1. The fourth-order valence-electron chi connectivity index (χ4n) is 3.13. The van der Waals surface area contributed by atoms with Crippen LogP contribution in [0, 0.1) is 5.92 Å². The first-order valence-electron chi connectivity index (χ1n) is 9.49. The maximum absolute atomic E-state index is 12.8. The Morgan fingerprint density at radius 1 is 1.11 bits per heavy atom. The molecular formula is C21H27N3O3. The first-order valence-corrected chi connectivity index (χ1v) is 9.49. The maximum atomic E-state index is 12.8. The fourth-order valence-corrected chi connectivity index (χ4v) is 3.13. The molecule has 144 valence electrons. The number of hydrogen-bond acceptors (Lipinski definition) is 4. The molecule has 2 aromatic rings. The van der Waals surface area contributed by atoms with Crippen molar-refractivity contribution in [1.29, 1.82) is 0 Å². The lowest BCUT2D eigenvalue weighted by Crippen LogP contribution is -2.49. The highest BCUT2D eigenvalue weighted by molar-refractivity contribution is 6.03. The molecular weight excluding hydrogens is 342 g/mol. The molecule has 1 fully saturated rings. The number of piperazine rings is 1. The molecule has 2 heterocycles. The predicted molar refractivity (Wildman–Crippen MR) is 105 cm³/mol. The molecule has 27 heavy (non-hydrogen) atoms. The Labute approximate surface area is 160 Å². The van der Waals surface area contributed by atoms with Gasteiger partial charge in [-0.05, 0) is 49.2 Å². The van der Waals surface area contributed by atoms with Crippen LogP contribution < -0.4 is 5.32 Å². The van der Waals surface area contributed by atoms with Gasteiger partial charge in [0, 0.05) is 37.4 Å². The Bertz CT molecular complexity index is 763. The zero-order valence-electron chi connectivity index (χ0n) is 16.0. The summed E-state index contributed by atoms with van der Waals surface area (Å²) in [5, 5.41) is 2.77. The third kappa shape index (κ3) is 5.20. The molecule has 0 bridgehead atoms. The summed E-state index contributed by atoms with van der Waals surface area (Å²) in [7, 11) is 0. The number of rotatable bonds is 6. The molecule has 6 nitrogen and oxygen atoms in total. The van der Waals surface area contributed by atoms with Crippen LogP contribution in [0.5, 0.6) is 0 Å². The third-order valence-electron chi connectivity index (χ3n) is 4.79. The fraction of sp³-hybridized carbons (Fsp3) is 0.429. The Hall–Kier alpha value is -2.60. The first-order chi connectivity index (χ1) is 13.0. The average Bonchev–Trinajstić information content (AvgIpc) is 3.21. The van der Waals surface area contributed by atoms with Gasteiger partial charge in [-0.15, -0.1) is 0 Å². The highest BCUT2D eigenvalue weighted by atomic mass is 16.3. The van der Waals surface area contributed by atoms with Gasteiger partial charge in [-0.2, -0.15) is 0 Å². The molecule has 6 heteroatoms. The van der Waals surface area contributed by atoms with Crippen molar-refractivity contribution >= 4 is 17.5 Å². The summed E-state index contributed by atoms with van der Waals surface area (Å²) >= 11 is 0. The van der Waals surface area contributed by atoms with E-state index in [9.17, 15) is 9.59 Å². The summed E-state index contributed by atoms with van der Waals surface area (Å²) in [6.07, 6.45) is 2.64. The second-order valence-corrected chi connectivity index (χ2v) is 7.33. The SMILES string of the molecule is CC(C)CCN1CCN(C(=O)c2cccc(NC(=O)c3ccco3)c2)CC1. The van der Waals surface area contributed by atoms with E-state index in [1.54, 1.807) is 36.4 Å². The summed E-state index contributed by atoms with van der Waals surface area (Å²) in [4.78, 5) is 29.2. The molecule has 1 saturated heterocycles. The van der Waals surface area contributed by atoms with Crippen molar-refractivity contribution in [2.45, 2.75) is 20.3 Å². The standard InChI is InChI=1S/C21H27N3O3/c1-16(2)8-9-23-10-12-24(13-11-23)21(26)17-5-3-6-18(15-17)22-20(25)19-7-4-14-27-19/h3-7,14-16H,8-13H2,1-2H3,(H,22,25). The van der Waals surface area contributed by atoms with E-state index in [1.807, 2.05) is 4.90 Å². The van der Waals surface area contributed by atoms with Crippen LogP contribution in [0.1, 0.15) is 41.2 Å². The molecule has 2 amide bonds. The van der Waals surface area contributed by atoms with E-state index in [-0.39, 0.29) is 17.6 Å². The monoisotopic (exact) mass is 369 g/mol. The van der Waals surface area contributed by atoms with E-state index in [1.165, 1.54) is 12.7 Å². The summed E-state index contributed by atoms with van der Waals surface area (Å²) < 4.78 is 5.09. The number of carbonyl (C=O) groups is 2. The molecule has 0 saturated carbocycles. The van der Waals surface area contributed by atoms with Gasteiger partial charge in [0.1, 0.15) is 0 Å². The van der Waals surface area contributed by atoms with E-state index in [4.69, 9.17) is 4.42 Å². The van der Waals surface area contributed by atoms with Gasteiger partial charge in [-0.1, -0.05) is 19.9 Å². The molecule has 3 rings (SSSR count). The molecule has 1 aliphatic heterocycles. The zero-order valence-corrected chi connectivity index (χ0v) is 16.0. The van der Waals surface area contributed by atoms with E-state index >= 15 is 0 Å².